The summed E-state index contributed by atoms with van der Waals surface area (Å²) in [6, 6.07) is 16.7. The van der Waals surface area contributed by atoms with E-state index in [4.69, 9.17) is 9.47 Å². The fourth-order valence-corrected chi connectivity index (χ4v) is 3.95. The number of carbonyl (C=O) groups is 4. The Morgan fingerprint density at radius 3 is 2.41 bits per heavy atom. The highest BCUT2D eigenvalue weighted by Crippen LogP contribution is 2.30. The van der Waals surface area contributed by atoms with Gasteiger partial charge < -0.3 is 19.7 Å². The lowest BCUT2D eigenvalue weighted by Crippen LogP contribution is -2.45. The molecule has 0 radical (unpaired) electrons. The normalized spacial score (nSPS) is 12.2. The topological polar surface area (TPSA) is 105 Å². The zero-order valence-corrected chi connectivity index (χ0v) is 20.2. The van der Waals surface area contributed by atoms with Crippen LogP contribution in [0.4, 0.5) is 15.8 Å². The molecule has 0 saturated carbocycles. The van der Waals surface area contributed by atoms with Crippen molar-refractivity contribution in [2.24, 2.45) is 0 Å². The van der Waals surface area contributed by atoms with Crippen LogP contribution in [0, 0.1) is 5.82 Å². The Morgan fingerprint density at radius 1 is 0.973 bits per heavy atom. The lowest BCUT2D eigenvalue weighted by Gasteiger charge is -2.25. The Labute approximate surface area is 212 Å². The number of halogens is 1. The van der Waals surface area contributed by atoms with E-state index in [9.17, 15) is 23.6 Å². The molecule has 3 aromatic carbocycles. The maximum absolute atomic E-state index is 13.4. The number of carbonyl (C=O) groups excluding carboxylic acids is 4. The van der Waals surface area contributed by atoms with Gasteiger partial charge in [0.05, 0.1) is 31.2 Å². The SMILES string of the molecule is COc1ccc(NC(=O)CN(Cc2ccc(F)cc2)C(=O)CN2C(=O)C(=O)c3ccccc32)c(OC)c1. The van der Waals surface area contributed by atoms with E-state index >= 15 is 0 Å². The molecule has 37 heavy (non-hydrogen) atoms. The molecular formula is C27H24FN3O6. The lowest BCUT2D eigenvalue weighted by molar-refractivity contribution is -0.134. The van der Waals surface area contributed by atoms with Crippen molar-refractivity contribution < 1.29 is 33.0 Å². The first kappa shape index (κ1) is 25.4. The van der Waals surface area contributed by atoms with Gasteiger partial charge in [0.2, 0.25) is 11.8 Å². The van der Waals surface area contributed by atoms with Crippen molar-refractivity contribution in [1.29, 1.82) is 0 Å². The molecular weight excluding hydrogens is 481 g/mol. The highest BCUT2D eigenvalue weighted by molar-refractivity contribution is 6.52. The van der Waals surface area contributed by atoms with Crippen LogP contribution in [-0.2, 0) is 20.9 Å². The van der Waals surface area contributed by atoms with Crippen molar-refractivity contribution >= 4 is 34.9 Å². The quantitative estimate of drug-likeness (QED) is 0.448. The molecule has 0 unspecified atom stereocenters. The third-order valence-corrected chi connectivity index (χ3v) is 5.83. The second-order valence-electron chi connectivity index (χ2n) is 8.23. The Morgan fingerprint density at radius 2 is 1.70 bits per heavy atom. The number of nitrogens with zero attached hydrogens (tertiary/aromatic N) is 2. The average molecular weight is 506 g/mol. The standard InChI is InChI=1S/C27H24FN3O6/c1-36-19-11-12-21(23(13-19)37-2)29-24(32)15-30(14-17-7-9-18(28)10-8-17)25(33)16-31-22-6-4-3-5-20(22)26(34)27(31)35/h3-13H,14-16H2,1-2H3,(H,29,32). The van der Waals surface area contributed by atoms with Crippen molar-refractivity contribution in [1.82, 2.24) is 4.90 Å². The predicted octanol–water partition coefficient (Wildman–Crippen LogP) is 3.04. The van der Waals surface area contributed by atoms with Crippen LogP contribution in [0.5, 0.6) is 11.5 Å². The summed E-state index contributed by atoms with van der Waals surface area (Å²) in [5.41, 5.74) is 1.50. The molecule has 1 aliphatic rings. The number of benzene rings is 3. The molecule has 0 bridgehead atoms. The number of para-hydroxylation sites is 1. The van der Waals surface area contributed by atoms with Crippen LogP contribution in [0.1, 0.15) is 15.9 Å². The van der Waals surface area contributed by atoms with Gasteiger partial charge in [-0.1, -0.05) is 24.3 Å². The minimum Gasteiger partial charge on any atom is -0.497 e. The summed E-state index contributed by atoms with van der Waals surface area (Å²) in [5.74, 6) is -2.15. The Kier molecular flexibility index (Phi) is 7.47. The highest BCUT2D eigenvalue weighted by atomic mass is 19.1. The molecule has 0 fully saturated rings. The molecule has 0 atom stereocenters. The van der Waals surface area contributed by atoms with E-state index in [1.54, 1.807) is 36.4 Å². The van der Waals surface area contributed by atoms with Crippen molar-refractivity contribution in [2.75, 3.05) is 37.5 Å². The molecule has 1 N–H and O–H groups in total. The number of fused-ring (bicyclic) bond motifs is 1. The fraction of sp³-hybridized carbons (Fsp3) is 0.185. The van der Waals surface area contributed by atoms with Gasteiger partial charge in [-0.15, -0.1) is 0 Å². The van der Waals surface area contributed by atoms with Gasteiger partial charge in [0.25, 0.3) is 11.7 Å². The Balaban J connectivity index is 1.55. The number of rotatable bonds is 9. The second-order valence-corrected chi connectivity index (χ2v) is 8.23. The first-order valence-electron chi connectivity index (χ1n) is 11.3. The van der Waals surface area contributed by atoms with Crippen molar-refractivity contribution in [3.63, 3.8) is 0 Å². The summed E-state index contributed by atoms with van der Waals surface area (Å²) in [7, 11) is 2.95. The second kappa shape index (κ2) is 10.9. The summed E-state index contributed by atoms with van der Waals surface area (Å²) in [4.78, 5) is 53.5. The molecule has 1 aliphatic heterocycles. The number of amides is 3. The van der Waals surface area contributed by atoms with Crippen LogP contribution in [0.3, 0.4) is 0 Å². The molecule has 190 valence electrons. The van der Waals surface area contributed by atoms with E-state index < -0.39 is 35.9 Å². The number of Topliss-reactive ketones (excluding diaryl/α,β-unsaturated/α-hetero) is 1. The number of ether oxygens (including phenoxy) is 2. The molecule has 3 amide bonds. The number of hydrogen-bond acceptors (Lipinski definition) is 6. The van der Waals surface area contributed by atoms with Crippen LogP contribution in [0.25, 0.3) is 0 Å². The molecule has 4 rings (SSSR count). The van der Waals surface area contributed by atoms with E-state index in [1.807, 2.05) is 0 Å². The van der Waals surface area contributed by atoms with Gasteiger partial charge in [-0.3, -0.25) is 24.1 Å². The number of methoxy groups -OCH3 is 2. The van der Waals surface area contributed by atoms with Crippen molar-refractivity contribution in [2.45, 2.75) is 6.54 Å². The number of anilines is 2. The van der Waals surface area contributed by atoms with Gasteiger partial charge in [0, 0.05) is 12.6 Å². The third kappa shape index (κ3) is 5.58. The van der Waals surface area contributed by atoms with Crippen molar-refractivity contribution in [3.8, 4) is 11.5 Å². The predicted molar refractivity (Wildman–Crippen MR) is 133 cm³/mol. The largest absolute Gasteiger partial charge is 0.497 e. The Bertz CT molecular complexity index is 1360. The van der Waals surface area contributed by atoms with Crippen LogP contribution in [0.15, 0.2) is 66.7 Å². The Hall–Kier alpha value is -4.73. The molecule has 10 heteroatoms. The lowest BCUT2D eigenvalue weighted by atomic mass is 10.1. The van der Waals surface area contributed by atoms with E-state index in [0.29, 0.717) is 28.4 Å². The average Bonchev–Trinajstić information content (AvgIpc) is 3.14. The monoisotopic (exact) mass is 505 g/mol. The molecule has 0 saturated heterocycles. The van der Waals surface area contributed by atoms with Gasteiger partial charge in [-0.2, -0.15) is 0 Å². The number of hydrogen-bond donors (Lipinski definition) is 1. The van der Waals surface area contributed by atoms with Gasteiger partial charge in [-0.25, -0.2) is 4.39 Å². The van der Waals surface area contributed by atoms with Crippen LogP contribution >= 0.6 is 0 Å². The molecule has 3 aromatic rings. The number of ketones is 1. The smallest absolute Gasteiger partial charge is 0.299 e. The summed E-state index contributed by atoms with van der Waals surface area (Å²) >= 11 is 0. The van der Waals surface area contributed by atoms with Crippen molar-refractivity contribution in [3.05, 3.63) is 83.7 Å². The number of nitrogens with one attached hydrogen (secondary N) is 1. The maximum atomic E-state index is 13.4. The van der Waals surface area contributed by atoms with Crippen LogP contribution in [-0.4, -0.2) is 55.7 Å². The molecule has 0 spiro atoms. The minimum absolute atomic E-state index is 0.0239. The van der Waals surface area contributed by atoms with E-state index in [0.717, 1.165) is 4.90 Å². The fourth-order valence-electron chi connectivity index (χ4n) is 3.95. The molecule has 0 aromatic heterocycles. The summed E-state index contributed by atoms with van der Waals surface area (Å²) in [5, 5.41) is 2.71. The first-order chi connectivity index (χ1) is 17.8. The highest BCUT2D eigenvalue weighted by Gasteiger charge is 2.37. The summed E-state index contributed by atoms with van der Waals surface area (Å²) in [6.07, 6.45) is 0. The molecule has 1 heterocycles. The molecule has 9 nitrogen and oxygen atoms in total. The van der Waals surface area contributed by atoms with Gasteiger partial charge in [-0.05, 0) is 42.0 Å². The third-order valence-electron chi connectivity index (χ3n) is 5.83. The first-order valence-corrected chi connectivity index (χ1v) is 11.3. The summed E-state index contributed by atoms with van der Waals surface area (Å²) < 4.78 is 23.9. The van der Waals surface area contributed by atoms with Gasteiger partial charge in [0.15, 0.2) is 0 Å². The molecule has 0 aliphatic carbocycles. The zero-order chi connectivity index (χ0) is 26.5. The van der Waals surface area contributed by atoms with Crippen LogP contribution < -0.4 is 19.7 Å². The van der Waals surface area contributed by atoms with Gasteiger partial charge in [0.1, 0.15) is 30.4 Å². The van der Waals surface area contributed by atoms with Gasteiger partial charge >= 0.3 is 0 Å². The van der Waals surface area contributed by atoms with Crippen LogP contribution in [0.2, 0.25) is 0 Å². The van der Waals surface area contributed by atoms with E-state index in [2.05, 4.69) is 5.32 Å². The summed E-state index contributed by atoms with van der Waals surface area (Å²) in [6.45, 7) is -0.838. The minimum atomic E-state index is -0.816. The van der Waals surface area contributed by atoms with E-state index in [-0.39, 0.29) is 18.7 Å². The van der Waals surface area contributed by atoms with E-state index in [1.165, 1.54) is 49.5 Å². The zero-order valence-electron chi connectivity index (χ0n) is 20.2. The maximum Gasteiger partial charge on any atom is 0.299 e.